The van der Waals surface area contributed by atoms with Crippen LogP contribution in [0, 0.1) is 19.7 Å². The quantitative estimate of drug-likeness (QED) is 0.504. The Hall–Kier alpha value is -3.88. The summed E-state index contributed by atoms with van der Waals surface area (Å²) >= 11 is 0. The van der Waals surface area contributed by atoms with Crippen LogP contribution >= 0.6 is 0 Å². The first-order valence-corrected chi connectivity index (χ1v) is 9.73. The van der Waals surface area contributed by atoms with Crippen molar-refractivity contribution in [2.75, 3.05) is 12.4 Å². The number of imidazole rings is 1. The summed E-state index contributed by atoms with van der Waals surface area (Å²) in [5.41, 5.74) is 4.57. The highest BCUT2D eigenvalue weighted by Gasteiger charge is 2.14. The Labute approximate surface area is 179 Å². The molecule has 0 unspecified atom stereocenters. The molecule has 0 aliphatic heterocycles. The monoisotopic (exact) mass is 419 g/mol. The van der Waals surface area contributed by atoms with E-state index in [0.717, 1.165) is 16.9 Å². The van der Waals surface area contributed by atoms with Gasteiger partial charge >= 0.3 is 0 Å². The van der Waals surface area contributed by atoms with E-state index in [9.17, 15) is 4.39 Å². The molecule has 0 saturated heterocycles. The van der Waals surface area contributed by atoms with Crippen LogP contribution in [0.4, 0.5) is 10.2 Å². The van der Waals surface area contributed by atoms with Crippen LogP contribution in [0.25, 0.3) is 17.1 Å². The lowest BCUT2D eigenvalue weighted by molar-refractivity contribution is 0.396. The Kier molecular flexibility index (Phi) is 5.57. The zero-order chi connectivity index (χ0) is 22.0. The van der Waals surface area contributed by atoms with Crippen LogP contribution in [0.2, 0.25) is 0 Å². The molecule has 158 valence electrons. The fourth-order valence-corrected chi connectivity index (χ4v) is 3.15. The predicted octanol–water partition coefficient (Wildman–Crippen LogP) is 4.06. The molecular formula is C22H22FN7O. The first-order chi connectivity index (χ1) is 14.9. The van der Waals surface area contributed by atoms with Crippen LogP contribution in [0.5, 0.6) is 5.88 Å². The standard InChI is InChI=1S/C22H22FN7O/c1-13-9-19(28-29-21(13)26-15(3)17-6-5-16(23)10-24-17)18-7-8-20(22(27-18)31-4)30-11-14(2)25-12-30/h5-12,15H,1-4H3,(H,26,29)/t15-/m0/s1. The van der Waals surface area contributed by atoms with E-state index in [1.165, 1.54) is 12.3 Å². The van der Waals surface area contributed by atoms with Gasteiger partial charge in [0.25, 0.3) is 0 Å². The van der Waals surface area contributed by atoms with Gasteiger partial charge in [0.05, 0.1) is 42.8 Å². The third-order valence-corrected chi connectivity index (χ3v) is 4.82. The summed E-state index contributed by atoms with van der Waals surface area (Å²) in [4.78, 5) is 12.9. The van der Waals surface area contributed by atoms with Gasteiger partial charge in [-0.05, 0) is 56.7 Å². The fourth-order valence-electron chi connectivity index (χ4n) is 3.15. The van der Waals surface area contributed by atoms with E-state index < -0.39 is 0 Å². The minimum atomic E-state index is -0.367. The van der Waals surface area contributed by atoms with Crippen LogP contribution in [0.3, 0.4) is 0 Å². The summed E-state index contributed by atoms with van der Waals surface area (Å²) in [5, 5.41) is 11.9. The Morgan fingerprint density at radius 1 is 1.06 bits per heavy atom. The number of hydrogen-bond acceptors (Lipinski definition) is 7. The van der Waals surface area contributed by atoms with E-state index in [-0.39, 0.29) is 11.9 Å². The first-order valence-electron chi connectivity index (χ1n) is 9.73. The largest absolute Gasteiger partial charge is 0.479 e. The maximum Gasteiger partial charge on any atom is 0.238 e. The van der Waals surface area contributed by atoms with Gasteiger partial charge in [-0.1, -0.05) is 0 Å². The zero-order valence-electron chi connectivity index (χ0n) is 17.7. The van der Waals surface area contributed by atoms with Gasteiger partial charge in [0, 0.05) is 6.20 Å². The van der Waals surface area contributed by atoms with Gasteiger partial charge in [0.15, 0.2) is 5.82 Å². The topological polar surface area (TPSA) is 90.6 Å². The molecule has 0 aliphatic rings. The molecule has 4 heterocycles. The second-order valence-electron chi connectivity index (χ2n) is 7.18. The van der Waals surface area contributed by atoms with Gasteiger partial charge in [-0.3, -0.25) is 4.98 Å². The van der Waals surface area contributed by atoms with E-state index in [1.54, 1.807) is 19.5 Å². The number of nitrogens with one attached hydrogen (secondary N) is 1. The van der Waals surface area contributed by atoms with Crippen molar-refractivity contribution in [2.45, 2.75) is 26.8 Å². The lowest BCUT2D eigenvalue weighted by Crippen LogP contribution is -2.11. The maximum absolute atomic E-state index is 13.1. The number of aromatic nitrogens is 6. The van der Waals surface area contributed by atoms with Crippen LogP contribution in [-0.4, -0.2) is 36.8 Å². The number of hydrogen-bond donors (Lipinski definition) is 1. The summed E-state index contributed by atoms with van der Waals surface area (Å²) in [6, 6.07) is 8.56. The van der Waals surface area contributed by atoms with Crippen LogP contribution in [0.1, 0.15) is 29.9 Å². The van der Waals surface area contributed by atoms with Crippen molar-refractivity contribution in [2.24, 2.45) is 0 Å². The van der Waals surface area contributed by atoms with Gasteiger partial charge in [-0.25, -0.2) is 14.4 Å². The first kappa shape index (κ1) is 20.4. The number of nitrogens with zero attached hydrogens (tertiary/aromatic N) is 6. The molecule has 8 nitrogen and oxygen atoms in total. The van der Waals surface area contributed by atoms with E-state index >= 15 is 0 Å². The van der Waals surface area contributed by atoms with Crippen molar-refractivity contribution in [3.8, 4) is 23.0 Å². The van der Waals surface area contributed by atoms with Gasteiger partial charge in [0.1, 0.15) is 17.2 Å². The van der Waals surface area contributed by atoms with Crippen molar-refractivity contribution < 1.29 is 9.13 Å². The molecule has 0 radical (unpaired) electrons. The third kappa shape index (κ3) is 4.35. The number of methoxy groups -OCH3 is 1. The lowest BCUT2D eigenvalue weighted by atomic mass is 10.1. The molecule has 0 aliphatic carbocycles. The molecule has 0 bridgehead atoms. The average molecular weight is 419 g/mol. The number of aryl methyl sites for hydroxylation is 2. The smallest absolute Gasteiger partial charge is 0.238 e. The van der Waals surface area contributed by atoms with Crippen LogP contribution < -0.4 is 10.1 Å². The van der Waals surface area contributed by atoms with Crippen LogP contribution in [0.15, 0.2) is 49.1 Å². The second-order valence-corrected chi connectivity index (χ2v) is 7.18. The molecule has 0 amide bonds. The van der Waals surface area contributed by atoms with Gasteiger partial charge < -0.3 is 14.6 Å². The summed E-state index contributed by atoms with van der Waals surface area (Å²) in [6.45, 7) is 5.79. The van der Waals surface area contributed by atoms with E-state index in [4.69, 9.17) is 4.74 Å². The molecule has 0 aromatic carbocycles. The highest BCUT2D eigenvalue weighted by molar-refractivity contribution is 5.61. The molecule has 31 heavy (non-hydrogen) atoms. The minimum Gasteiger partial charge on any atom is -0.479 e. The molecule has 0 saturated carbocycles. The number of pyridine rings is 2. The Bertz CT molecular complexity index is 1210. The second kappa shape index (κ2) is 8.47. The van der Waals surface area contributed by atoms with Crippen LogP contribution in [-0.2, 0) is 0 Å². The van der Waals surface area contributed by atoms with E-state index in [0.29, 0.717) is 28.8 Å². The summed E-state index contributed by atoms with van der Waals surface area (Å²) in [7, 11) is 1.58. The van der Waals surface area contributed by atoms with E-state index in [1.807, 2.05) is 49.7 Å². The third-order valence-electron chi connectivity index (χ3n) is 4.82. The zero-order valence-corrected chi connectivity index (χ0v) is 17.7. The van der Waals surface area contributed by atoms with Gasteiger partial charge in [0.2, 0.25) is 5.88 Å². The molecule has 0 fully saturated rings. The highest BCUT2D eigenvalue weighted by Crippen LogP contribution is 2.27. The Morgan fingerprint density at radius 3 is 2.55 bits per heavy atom. The molecule has 4 rings (SSSR count). The normalized spacial score (nSPS) is 11.9. The molecule has 9 heteroatoms. The summed E-state index contributed by atoms with van der Waals surface area (Å²) < 4.78 is 20.4. The van der Waals surface area contributed by atoms with Crippen molar-refractivity contribution >= 4 is 5.82 Å². The van der Waals surface area contributed by atoms with Gasteiger partial charge in [-0.2, -0.15) is 0 Å². The fraction of sp³-hybridized carbons (Fsp3) is 0.227. The molecule has 4 aromatic rings. The minimum absolute atomic E-state index is 0.157. The average Bonchev–Trinajstić information content (AvgIpc) is 3.21. The lowest BCUT2D eigenvalue weighted by Gasteiger charge is -2.15. The highest BCUT2D eigenvalue weighted by atomic mass is 19.1. The maximum atomic E-state index is 13.1. The molecule has 1 atom stereocenters. The Balaban J connectivity index is 1.58. The van der Waals surface area contributed by atoms with Crippen molar-refractivity contribution in [1.82, 2.24) is 29.7 Å². The SMILES string of the molecule is COc1nc(-c2cc(C)c(N[C@@H](C)c3ccc(F)cn3)nn2)ccc1-n1cnc(C)c1. The number of rotatable bonds is 6. The molecule has 4 aromatic heterocycles. The van der Waals surface area contributed by atoms with Crippen molar-refractivity contribution in [3.05, 3.63) is 71.8 Å². The number of ether oxygens (including phenoxy) is 1. The molecule has 0 spiro atoms. The van der Waals surface area contributed by atoms with Gasteiger partial charge in [-0.15, -0.1) is 10.2 Å². The van der Waals surface area contributed by atoms with Crippen molar-refractivity contribution in [1.29, 1.82) is 0 Å². The van der Waals surface area contributed by atoms with Crippen molar-refractivity contribution in [3.63, 3.8) is 0 Å². The summed E-state index contributed by atoms with van der Waals surface area (Å²) in [5.74, 6) is 0.723. The Morgan fingerprint density at radius 2 is 1.90 bits per heavy atom. The number of halogens is 1. The summed E-state index contributed by atoms with van der Waals surface area (Å²) in [6.07, 6.45) is 4.82. The predicted molar refractivity (Wildman–Crippen MR) is 115 cm³/mol. The van der Waals surface area contributed by atoms with E-state index in [2.05, 4.69) is 30.5 Å². The molecule has 1 N–H and O–H groups in total. The molecular weight excluding hydrogens is 397 g/mol. The number of anilines is 1.